The highest BCUT2D eigenvalue weighted by Crippen LogP contribution is 2.29. The molecule has 0 heterocycles. The number of carbonyl (C=O) groups is 3. The molecule has 0 radical (unpaired) electrons. The van der Waals surface area contributed by atoms with E-state index in [1.54, 1.807) is 12.1 Å². The van der Waals surface area contributed by atoms with Crippen molar-refractivity contribution in [1.29, 1.82) is 0 Å². The largest absolute Gasteiger partial charge is 0.481 e. The predicted molar refractivity (Wildman–Crippen MR) is 90.7 cm³/mol. The molecule has 2 aromatic carbocycles. The maximum Gasteiger partial charge on any atom is 0.344 e. The van der Waals surface area contributed by atoms with Crippen LogP contribution in [0.15, 0.2) is 54.6 Å². The van der Waals surface area contributed by atoms with E-state index >= 15 is 0 Å². The standard InChI is InChI=1S/C18H18N2O5/c1-12(17(22)20-18(19)23)25-16(21)11-24-15-10-6-5-9-14(15)13-7-3-2-4-8-13/h2-10,12H,11H2,1H3,(H3,19,20,22,23)/t12-/m0/s1. The van der Waals surface area contributed by atoms with Gasteiger partial charge in [-0.2, -0.15) is 0 Å². The summed E-state index contributed by atoms with van der Waals surface area (Å²) in [5.41, 5.74) is 6.61. The van der Waals surface area contributed by atoms with Crippen LogP contribution >= 0.6 is 0 Å². The average molecular weight is 342 g/mol. The fraction of sp³-hybridized carbons (Fsp3) is 0.167. The third kappa shape index (κ3) is 5.35. The van der Waals surface area contributed by atoms with Crippen LogP contribution < -0.4 is 15.8 Å². The van der Waals surface area contributed by atoms with Gasteiger partial charge in [0.1, 0.15) is 5.75 Å². The maximum absolute atomic E-state index is 11.8. The molecule has 3 N–H and O–H groups in total. The van der Waals surface area contributed by atoms with E-state index in [0.29, 0.717) is 5.75 Å². The van der Waals surface area contributed by atoms with Crippen LogP contribution in [-0.2, 0) is 14.3 Å². The molecule has 7 nitrogen and oxygen atoms in total. The van der Waals surface area contributed by atoms with Crippen molar-refractivity contribution in [2.24, 2.45) is 5.73 Å². The SMILES string of the molecule is C[C@H](OC(=O)COc1ccccc1-c1ccccc1)C(=O)NC(N)=O. The van der Waals surface area contributed by atoms with Crippen molar-refractivity contribution in [3.63, 3.8) is 0 Å². The number of para-hydroxylation sites is 1. The minimum absolute atomic E-state index is 0.377. The van der Waals surface area contributed by atoms with Crippen LogP contribution in [0.25, 0.3) is 11.1 Å². The van der Waals surface area contributed by atoms with Gasteiger partial charge in [0.25, 0.3) is 5.91 Å². The van der Waals surface area contributed by atoms with Crippen LogP contribution in [0.3, 0.4) is 0 Å². The molecule has 0 aliphatic rings. The minimum atomic E-state index is -1.16. The van der Waals surface area contributed by atoms with Gasteiger partial charge in [0.05, 0.1) is 0 Å². The number of urea groups is 1. The van der Waals surface area contributed by atoms with Gasteiger partial charge in [-0.3, -0.25) is 10.1 Å². The number of carbonyl (C=O) groups excluding carboxylic acids is 3. The number of amides is 3. The molecule has 0 aliphatic heterocycles. The number of primary amides is 1. The lowest BCUT2D eigenvalue weighted by molar-refractivity contribution is -0.156. The van der Waals surface area contributed by atoms with Crippen molar-refractivity contribution in [2.45, 2.75) is 13.0 Å². The molecule has 2 aromatic rings. The van der Waals surface area contributed by atoms with Crippen LogP contribution in [0.1, 0.15) is 6.92 Å². The monoisotopic (exact) mass is 342 g/mol. The highest BCUT2D eigenvalue weighted by molar-refractivity contribution is 5.96. The molecule has 25 heavy (non-hydrogen) atoms. The van der Waals surface area contributed by atoms with Gasteiger partial charge in [0, 0.05) is 5.56 Å². The second kappa shape index (κ2) is 8.49. The maximum atomic E-state index is 11.8. The van der Waals surface area contributed by atoms with Gasteiger partial charge in [-0.05, 0) is 18.6 Å². The Hall–Kier alpha value is -3.35. The Kier molecular flexibility index (Phi) is 6.11. The molecule has 0 fully saturated rings. The van der Waals surface area contributed by atoms with Gasteiger partial charge < -0.3 is 15.2 Å². The van der Waals surface area contributed by atoms with Crippen molar-refractivity contribution in [3.8, 4) is 16.9 Å². The second-order valence-corrected chi connectivity index (χ2v) is 5.14. The Labute approximate surface area is 144 Å². The first-order valence-electron chi connectivity index (χ1n) is 7.54. The molecule has 130 valence electrons. The third-order valence-electron chi connectivity index (χ3n) is 3.24. The number of nitrogens with one attached hydrogen (secondary N) is 1. The van der Waals surface area contributed by atoms with Gasteiger partial charge in [0.15, 0.2) is 12.7 Å². The van der Waals surface area contributed by atoms with E-state index in [4.69, 9.17) is 15.2 Å². The summed E-state index contributed by atoms with van der Waals surface area (Å²) in [4.78, 5) is 33.9. The summed E-state index contributed by atoms with van der Waals surface area (Å²) in [6.07, 6.45) is -1.16. The number of esters is 1. The average Bonchev–Trinajstić information content (AvgIpc) is 2.60. The van der Waals surface area contributed by atoms with E-state index in [0.717, 1.165) is 11.1 Å². The number of hydrogen-bond acceptors (Lipinski definition) is 5. The highest BCUT2D eigenvalue weighted by Gasteiger charge is 2.19. The van der Waals surface area contributed by atoms with Crippen molar-refractivity contribution in [3.05, 3.63) is 54.6 Å². The quantitative estimate of drug-likeness (QED) is 0.779. The zero-order valence-electron chi connectivity index (χ0n) is 13.6. The Morgan fingerprint density at radius 3 is 2.36 bits per heavy atom. The lowest BCUT2D eigenvalue weighted by atomic mass is 10.1. The summed E-state index contributed by atoms with van der Waals surface area (Å²) in [5.74, 6) is -1.03. The normalized spacial score (nSPS) is 11.2. The number of hydrogen-bond donors (Lipinski definition) is 2. The smallest absolute Gasteiger partial charge is 0.344 e. The summed E-state index contributed by atoms with van der Waals surface area (Å²) in [6, 6.07) is 15.8. The molecular formula is C18H18N2O5. The first-order chi connectivity index (χ1) is 12.0. The highest BCUT2D eigenvalue weighted by atomic mass is 16.6. The Morgan fingerprint density at radius 1 is 1.04 bits per heavy atom. The second-order valence-electron chi connectivity index (χ2n) is 5.14. The Bertz CT molecular complexity index is 761. The van der Waals surface area contributed by atoms with E-state index in [9.17, 15) is 14.4 Å². The van der Waals surface area contributed by atoms with Crippen molar-refractivity contribution in [2.75, 3.05) is 6.61 Å². The van der Waals surface area contributed by atoms with Crippen LogP contribution in [-0.4, -0.2) is 30.6 Å². The number of rotatable bonds is 6. The molecule has 0 saturated heterocycles. The summed E-state index contributed by atoms with van der Waals surface area (Å²) in [5, 5.41) is 1.83. The van der Waals surface area contributed by atoms with E-state index in [2.05, 4.69) is 0 Å². The molecule has 0 bridgehead atoms. The fourth-order valence-electron chi connectivity index (χ4n) is 2.09. The molecule has 0 spiro atoms. The van der Waals surface area contributed by atoms with Gasteiger partial charge >= 0.3 is 12.0 Å². The topological polar surface area (TPSA) is 108 Å². The zero-order valence-corrected chi connectivity index (χ0v) is 13.6. The Balaban J connectivity index is 1.97. The lowest BCUT2D eigenvalue weighted by Crippen LogP contribution is -2.42. The molecule has 0 unspecified atom stereocenters. The molecular weight excluding hydrogens is 324 g/mol. The summed E-state index contributed by atoms with van der Waals surface area (Å²) in [7, 11) is 0. The molecule has 0 aliphatic carbocycles. The molecule has 0 aromatic heterocycles. The Morgan fingerprint density at radius 2 is 1.68 bits per heavy atom. The summed E-state index contributed by atoms with van der Waals surface area (Å²) in [6.45, 7) is 0.951. The molecule has 1 atom stereocenters. The number of ether oxygens (including phenoxy) is 2. The first-order valence-corrected chi connectivity index (χ1v) is 7.54. The van der Waals surface area contributed by atoms with E-state index in [-0.39, 0.29) is 6.61 Å². The van der Waals surface area contributed by atoms with Crippen LogP contribution in [0.2, 0.25) is 0 Å². The number of imide groups is 1. The van der Waals surface area contributed by atoms with Crippen molar-refractivity contribution in [1.82, 2.24) is 5.32 Å². The zero-order chi connectivity index (χ0) is 18.2. The molecule has 3 amide bonds. The van der Waals surface area contributed by atoms with Crippen LogP contribution in [0, 0.1) is 0 Å². The molecule has 2 rings (SSSR count). The minimum Gasteiger partial charge on any atom is -0.481 e. The lowest BCUT2D eigenvalue weighted by Gasteiger charge is -2.14. The number of benzene rings is 2. The first kappa shape index (κ1) is 18.0. The molecule has 0 saturated carbocycles. The summed E-state index contributed by atoms with van der Waals surface area (Å²) >= 11 is 0. The van der Waals surface area contributed by atoms with E-state index < -0.39 is 24.0 Å². The van der Waals surface area contributed by atoms with Crippen molar-refractivity contribution < 1.29 is 23.9 Å². The van der Waals surface area contributed by atoms with Gasteiger partial charge in [-0.1, -0.05) is 48.5 Å². The van der Waals surface area contributed by atoms with Gasteiger partial charge in [0.2, 0.25) is 0 Å². The number of nitrogens with two attached hydrogens (primary N) is 1. The predicted octanol–water partition coefficient (Wildman–Crippen LogP) is 1.86. The fourth-order valence-corrected chi connectivity index (χ4v) is 2.09. The van der Waals surface area contributed by atoms with Gasteiger partial charge in [-0.25, -0.2) is 9.59 Å². The third-order valence-corrected chi connectivity index (χ3v) is 3.24. The molecule has 7 heteroatoms. The van der Waals surface area contributed by atoms with E-state index in [1.807, 2.05) is 47.8 Å². The van der Waals surface area contributed by atoms with Crippen LogP contribution in [0.4, 0.5) is 4.79 Å². The van der Waals surface area contributed by atoms with Crippen LogP contribution in [0.5, 0.6) is 5.75 Å². The van der Waals surface area contributed by atoms with E-state index in [1.165, 1.54) is 6.92 Å². The van der Waals surface area contributed by atoms with Crippen molar-refractivity contribution >= 4 is 17.9 Å². The summed E-state index contributed by atoms with van der Waals surface area (Å²) < 4.78 is 10.4. The van der Waals surface area contributed by atoms with Gasteiger partial charge in [-0.15, -0.1) is 0 Å².